The topological polar surface area (TPSA) is 108 Å². The normalized spacial score (nSPS) is 24.1. The Morgan fingerprint density at radius 1 is 1.07 bits per heavy atom. The van der Waals surface area contributed by atoms with Crippen molar-refractivity contribution in [1.82, 2.24) is 19.4 Å². The standard InChI is InChI=1S/C34H26N4O5/c1-33-34(41,32(40)42-2)16-25(43-33)37-23-9-4-3-8-20(23)27-28-22(17-36-31(28)39)26-21-15-18(10-12-19-7-5-6-14-35-19)11-13-24(21)38(33)30(26)29(27)37/h3-15,25,41H,16-17H2,1-2H3,(H,36,39)/b12-10+. The first-order valence-corrected chi connectivity index (χ1v) is 14.3. The van der Waals surface area contributed by atoms with E-state index in [1.54, 1.807) is 13.1 Å². The molecule has 0 spiro atoms. The first-order valence-electron chi connectivity index (χ1n) is 14.3. The van der Waals surface area contributed by atoms with Crippen LogP contribution in [0, 0.1) is 0 Å². The Kier molecular flexibility index (Phi) is 4.63. The maximum Gasteiger partial charge on any atom is 0.343 e. The number of pyridine rings is 1. The number of nitrogens with one attached hydrogen (secondary N) is 1. The second kappa shape index (κ2) is 8.09. The van der Waals surface area contributed by atoms with Gasteiger partial charge in [-0.2, -0.15) is 0 Å². The molecule has 3 aromatic carbocycles. The average molecular weight is 571 g/mol. The molecule has 6 aromatic rings. The molecule has 0 aliphatic carbocycles. The van der Waals surface area contributed by atoms with Crippen LogP contribution < -0.4 is 5.32 Å². The summed E-state index contributed by atoms with van der Waals surface area (Å²) < 4.78 is 16.0. The van der Waals surface area contributed by atoms with E-state index < -0.39 is 23.5 Å². The number of aromatic nitrogens is 3. The summed E-state index contributed by atoms with van der Waals surface area (Å²) in [4.78, 5) is 31.3. The van der Waals surface area contributed by atoms with E-state index in [2.05, 4.69) is 20.9 Å². The van der Waals surface area contributed by atoms with Gasteiger partial charge in [0.2, 0.25) is 5.60 Å². The largest absolute Gasteiger partial charge is 0.467 e. The van der Waals surface area contributed by atoms with Crippen LogP contribution in [0.25, 0.3) is 55.8 Å². The minimum Gasteiger partial charge on any atom is -0.467 e. The molecule has 0 radical (unpaired) electrons. The minimum atomic E-state index is -1.98. The fourth-order valence-electron chi connectivity index (χ4n) is 7.72. The highest BCUT2D eigenvalue weighted by atomic mass is 16.6. The second-order valence-electron chi connectivity index (χ2n) is 11.7. The first-order chi connectivity index (χ1) is 20.9. The number of aliphatic hydroxyl groups is 1. The predicted molar refractivity (Wildman–Crippen MR) is 162 cm³/mol. The summed E-state index contributed by atoms with van der Waals surface area (Å²) in [7, 11) is 1.28. The van der Waals surface area contributed by atoms with Gasteiger partial charge in [0, 0.05) is 40.7 Å². The van der Waals surface area contributed by atoms with Gasteiger partial charge in [-0.15, -0.1) is 0 Å². The molecule has 1 fully saturated rings. The molecule has 9 heteroatoms. The van der Waals surface area contributed by atoms with Gasteiger partial charge in [-0.05, 0) is 54.5 Å². The number of nitrogens with zero attached hydrogens (tertiary/aromatic N) is 3. The van der Waals surface area contributed by atoms with Gasteiger partial charge in [-0.3, -0.25) is 9.78 Å². The van der Waals surface area contributed by atoms with Crippen LogP contribution in [0.2, 0.25) is 0 Å². The number of carbonyl (C=O) groups is 2. The number of benzene rings is 3. The number of methoxy groups -OCH3 is 1. The lowest BCUT2D eigenvalue weighted by atomic mass is 9.88. The quantitative estimate of drug-likeness (QED) is 0.283. The van der Waals surface area contributed by atoms with Crippen molar-refractivity contribution in [2.75, 3.05) is 7.11 Å². The minimum absolute atomic E-state index is 0.0151. The zero-order valence-corrected chi connectivity index (χ0v) is 23.4. The molecule has 3 atom stereocenters. The van der Waals surface area contributed by atoms with E-state index in [0.29, 0.717) is 12.1 Å². The average Bonchev–Trinajstić information content (AvgIpc) is 3.72. The molecule has 6 heterocycles. The third-order valence-corrected chi connectivity index (χ3v) is 9.61. The molecule has 3 aliphatic rings. The highest BCUT2D eigenvalue weighted by Gasteiger charge is 2.65. The van der Waals surface area contributed by atoms with Gasteiger partial charge in [-0.1, -0.05) is 36.4 Å². The molecular weight excluding hydrogens is 544 g/mol. The van der Waals surface area contributed by atoms with Crippen LogP contribution in [0.4, 0.5) is 0 Å². The van der Waals surface area contributed by atoms with Gasteiger partial charge in [0.15, 0.2) is 5.72 Å². The number of hydrogen-bond acceptors (Lipinski definition) is 6. The third kappa shape index (κ3) is 2.86. The third-order valence-electron chi connectivity index (χ3n) is 9.61. The molecule has 2 N–H and O–H groups in total. The van der Waals surface area contributed by atoms with Gasteiger partial charge >= 0.3 is 5.97 Å². The molecule has 43 heavy (non-hydrogen) atoms. The molecule has 3 aliphatic heterocycles. The van der Waals surface area contributed by atoms with Crippen LogP contribution in [0.5, 0.6) is 0 Å². The van der Waals surface area contributed by atoms with Crippen LogP contribution in [-0.4, -0.2) is 43.8 Å². The Morgan fingerprint density at radius 3 is 2.72 bits per heavy atom. The summed E-state index contributed by atoms with van der Waals surface area (Å²) in [6.45, 7) is 2.13. The Hall–Kier alpha value is -4.99. The first kappa shape index (κ1) is 24.6. The fourth-order valence-corrected chi connectivity index (χ4v) is 7.72. The molecule has 3 aromatic heterocycles. The van der Waals surface area contributed by atoms with Gasteiger partial charge in [0.05, 0.1) is 40.4 Å². The lowest BCUT2D eigenvalue weighted by Gasteiger charge is -2.37. The number of para-hydroxylation sites is 1. The summed E-state index contributed by atoms with van der Waals surface area (Å²) >= 11 is 0. The number of hydrogen-bond donors (Lipinski definition) is 2. The number of fused-ring (bicyclic) bond motifs is 13. The van der Waals surface area contributed by atoms with Crippen molar-refractivity contribution in [3.63, 3.8) is 0 Å². The van der Waals surface area contributed by atoms with Gasteiger partial charge < -0.3 is 29.0 Å². The lowest BCUT2D eigenvalue weighted by Crippen LogP contribution is -2.56. The van der Waals surface area contributed by atoms with Gasteiger partial charge in [0.25, 0.3) is 5.91 Å². The zero-order valence-electron chi connectivity index (χ0n) is 23.4. The number of rotatable bonds is 3. The molecule has 9 nitrogen and oxygen atoms in total. The number of ether oxygens (including phenoxy) is 2. The monoisotopic (exact) mass is 570 g/mol. The Morgan fingerprint density at radius 2 is 1.91 bits per heavy atom. The molecule has 3 unspecified atom stereocenters. The summed E-state index contributed by atoms with van der Waals surface area (Å²) in [5, 5.41) is 18.9. The van der Waals surface area contributed by atoms with Crippen LogP contribution in [-0.2, 0) is 26.5 Å². The van der Waals surface area contributed by atoms with E-state index in [9.17, 15) is 14.7 Å². The predicted octanol–water partition coefficient (Wildman–Crippen LogP) is 5.22. The van der Waals surface area contributed by atoms with Crippen molar-refractivity contribution in [2.45, 2.75) is 37.4 Å². The van der Waals surface area contributed by atoms with E-state index in [0.717, 1.165) is 60.4 Å². The van der Waals surface area contributed by atoms with Crippen LogP contribution in [0.1, 0.15) is 46.8 Å². The van der Waals surface area contributed by atoms with Crippen LogP contribution in [0.15, 0.2) is 66.9 Å². The van der Waals surface area contributed by atoms with Crippen LogP contribution in [0.3, 0.4) is 0 Å². The zero-order chi connectivity index (χ0) is 29.2. The van der Waals surface area contributed by atoms with Crippen LogP contribution >= 0.6 is 0 Å². The summed E-state index contributed by atoms with van der Waals surface area (Å²) in [5.74, 6) is -0.865. The Labute approximate surface area is 244 Å². The molecular formula is C34H26N4O5. The van der Waals surface area contributed by atoms with E-state index in [1.165, 1.54) is 7.11 Å². The molecule has 212 valence electrons. The number of esters is 1. The van der Waals surface area contributed by atoms with Gasteiger partial charge in [0.1, 0.15) is 6.23 Å². The number of carbonyl (C=O) groups excluding carboxylic acids is 2. The number of amides is 1. The van der Waals surface area contributed by atoms with Crippen molar-refractivity contribution in [3.05, 3.63) is 89.2 Å². The smallest absolute Gasteiger partial charge is 0.343 e. The van der Waals surface area contributed by atoms with E-state index >= 15 is 0 Å². The van der Waals surface area contributed by atoms with Crippen molar-refractivity contribution in [3.8, 4) is 0 Å². The van der Waals surface area contributed by atoms with E-state index in [4.69, 9.17) is 9.47 Å². The molecule has 1 amide bonds. The van der Waals surface area contributed by atoms with Crippen molar-refractivity contribution in [1.29, 1.82) is 0 Å². The Balaban J connectivity index is 1.48. The molecule has 9 rings (SSSR count). The molecule has 2 bridgehead atoms. The lowest BCUT2D eigenvalue weighted by molar-refractivity contribution is -0.202. The highest BCUT2D eigenvalue weighted by Crippen LogP contribution is 2.57. The Bertz CT molecular complexity index is 2270. The highest BCUT2D eigenvalue weighted by molar-refractivity contribution is 6.31. The van der Waals surface area contributed by atoms with Crippen molar-refractivity contribution in [2.24, 2.45) is 0 Å². The van der Waals surface area contributed by atoms with Crippen molar-refractivity contribution < 1.29 is 24.2 Å². The van der Waals surface area contributed by atoms with E-state index in [1.807, 2.05) is 71.3 Å². The molecule has 1 saturated heterocycles. The van der Waals surface area contributed by atoms with E-state index in [-0.39, 0.29) is 12.3 Å². The van der Waals surface area contributed by atoms with Crippen molar-refractivity contribution >= 4 is 67.6 Å². The summed E-state index contributed by atoms with van der Waals surface area (Å²) in [6, 6.07) is 19.8. The van der Waals surface area contributed by atoms with Gasteiger partial charge in [-0.25, -0.2) is 4.79 Å². The second-order valence-corrected chi connectivity index (χ2v) is 11.7. The SMILES string of the molecule is COC(=O)C1(O)CC2OC1(C)n1c3ccc(/C=C/c4ccccn4)cc3c3c4c(c5c6ccccc6n2c5c31)C(=O)NC4. The summed E-state index contributed by atoms with van der Waals surface area (Å²) in [6.07, 6.45) is 5.02. The maximum atomic E-state index is 13.5. The fraction of sp³-hybridized carbons (Fsp3) is 0.206. The maximum absolute atomic E-state index is 13.5. The molecule has 0 saturated carbocycles. The summed E-state index contributed by atoms with van der Waals surface area (Å²) in [5.41, 5.74) is 3.17.